The van der Waals surface area contributed by atoms with E-state index < -0.39 is 17.6 Å². The van der Waals surface area contributed by atoms with Crippen molar-refractivity contribution < 1.29 is 14.0 Å². The Kier molecular flexibility index (Phi) is 5.03. The number of carbonyl (C=O) groups excluding carboxylic acids is 2. The lowest BCUT2D eigenvalue weighted by Gasteiger charge is -2.15. The van der Waals surface area contributed by atoms with Crippen LogP contribution >= 0.6 is 15.9 Å². The van der Waals surface area contributed by atoms with Crippen LogP contribution in [0.1, 0.15) is 11.1 Å². The molecule has 0 bridgehead atoms. The third kappa shape index (κ3) is 3.71. The van der Waals surface area contributed by atoms with Crippen molar-refractivity contribution in [1.29, 1.82) is 0 Å². The van der Waals surface area contributed by atoms with E-state index in [-0.39, 0.29) is 11.3 Å². The molecule has 4 nitrogen and oxygen atoms in total. The Morgan fingerprint density at radius 1 is 0.897 bits per heavy atom. The molecule has 0 aliphatic carbocycles. The number of hydrogen-bond donors (Lipinski definition) is 1. The van der Waals surface area contributed by atoms with Crippen LogP contribution in [0.4, 0.5) is 15.8 Å². The number of carbonyl (C=O) groups is 2. The van der Waals surface area contributed by atoms with Gasteiger partial charge in [0.2, 0.25) is 0 Å². The minimum atomic E-state index is -0.460. The highest BCUT2D eigenvalue weighted by atomic mass is 79.9. The molecule has 0 fully saturated rings. The number of hydrogen-bond acceptors (Lipinski definition) is 3. The van der Waals surface area contributed by atoms with Crippen molar-refractivity contribution in [2.24, 2.45) is 0 Å². The van der Waals surface area contributed by atoms with E-state index in [1.54, 1.807) is 18.2 Å². The van der Waals surface area contributed by atoms with Crippen molar-refractivity contribution >= 4 is 44.7 Å². The summed E-state index contributed by atoms with van der Waals surface area (Å²) in [5.41, 5.74) is 2.98. The third-order valence-corrected chi connectivity index (χ3v) is 5.10. The number of amides is 2. The molecule has 1 aliphatic rings. The lowest BCUT2D eigenvalue weighted by atomic mass is 10.0. The molecule has 0 radical (unpaired) electrons. The van der Waals surface area contributed by atoms with Crippen molar-refractivity contribution in [2.75, 3.05) is 10.2 Å². The van der Waals surface area contributed by atoms with Crippen molar-refractivity contribution in [1.82, 2.24) is 0 Å². The zero-order chi connectivity index (χ0) is 20.5. The van der Waals surface area contributed by atoms with Gasteiger partial charge in [-0.1, -0.05) is 51.8 Å². The Labute approximate surface area is 175 Å². The van der Waals surface area contributed by atoms with Crippen LogP contribution < -0.4 is 10.2 Å². The maximum Gasteiger partial charge on any atom is 0.282 e. The van der Waals surface area contributed by atoms with Crippen LogP contribution in [0, 0.1) is 12.7 Å². The molecule has 29 heavy (non-hydrogen) atoms. The highest BCUT2D eigenvalue weighted by Crippen LogP contribution is 2.34. The van der Waals surface area contributed by atoms with E-state index in [0.29, 0.717) is 16.9 Å². The normalized spacial score (nSPS) is 14.0. The molecule has 0 saturated heterocycles. The Morgan fingerprint density at radius 3 is 2.24 bits per heavy atom. The molecule has 1 N–H and O–H groups in total. The molecule has 144 valence electrons. The van der Waals surface area contributed by atoms with Gasteiger partial charge in [0.25, 0.3) is 11.8 Å². The molecule has 0 saturated carbocycles. The maximum absolute atomic E-state index is 13.4. The average molecular weight is 451 g/mol. The molecule has 0 atom stereocenters. The number of halogens is 2. The lowest BCUT2D eigenvalue weighted by Crippen LogP contribution is -2.32. The minimum Gasteiger partial charge on any atom is -0.350 e. The monoisotopic (exact) mass is 450 g/mol. The molecule has 0 spiro atoms. The Morgan fingerprint density at radius 2 is 1.59 bits per heavy atom. The Balaban J connectivity index is 1.82. The lowest BCUT2D eigenvalue weighted by molar-refractivity contribution is -0.120. The molecule has 4 rings (SSSR count). The fraction of sp³-hybridized carbons (Fsp3) is 0.0435. The predicted molar refractivity (Wildman–Crippen MR) is 115 cm³/mol. The second-order valence-electron chi connectivity index (χ2n) is 6.67. The fourth-order valence-corrected chi connectivity index (χ4v) is 3.57. The smallest absolute Gasteiger partial charge is 0.282 e. The van der Waals surface area contributed by atoms with Gasteiger partial charge in [0.05, 0.1) is 11.3 Å². The molecule has 6 heteroatoms. The molecule has 1 aliphatic heterocycles. The number of imide groups is 1. The van der Waals surface area contributed by atoms with Crippen molar-refractivity contribution in [3.8, 4) is 0 Å². The van der Waals surface area contributed by atoms with Gasteiger partial charge < -0.3 is 5.32 Å². The van der Waals surface area contributed by atoms with Crippen molar-refractivity contribution in [2.45, 2.75) is 6.92 Å². The first-order valence-electron chi connectivity index (χ1n) is 8.92. The predicted octanol–water partition coefficient (Wildman–Crippen LogP) is 5.29. The summed E-state index contributed by atoms with van der Waals surface area (Å²) >= 11 is 3.40. The number of anilines is 2. The van der Waals surface area contributed by atoms with Crippen LogP contribution in [0.3, 0.4) is 0 Å². The molecule has 0 unspecified atom stereocenters. The van der Waals surface area contributed by atoms with Crippen molar-refractivity contribution in [3.05, 3.63) is 99.9 Å². The zero-order valence-electron chi connectivity index (χ0n) is 15.4. The van der Waals surface area contributed by atoms with E-state index in [4.69, 9.17) is 0 Å². The van der Waals surface area contributed by atoms with Gasteiger partial charge in [-0.15, -0.1) is 0 Å². The molecular weight excluding hydrogens is 435 g/mol. The second kappa shape index (κ2) is 7.64. The molecule has 0 aromatic heterocycles. The van der Waals surface area contributed by atoms with Crippen LogP contribution in [0.15, 0.2) is 83.0 Å². The van der Waals surface area contributed by atoms with Crippen LogP contribution in [-0.4, -0.2) is 11.8 Å². The molecule has 3 aromatic carbocycles. The van der Waals surface area contributed by atoms with Gasteiger partial charge in [0.15, 0.2) is 0 Å². The quantitative estimate of drug-likeness (QED) is 0.549. The SMILES string of the molecule is Cc1ccc(N2C(=O)C(Nc3cccc(Br)c3)=C(c3ccc(F)cc3)C2=O)cc1. The van der Waals surface area contributed by atoms with Crippen LogP contribution in [0.25, 0.3) is 5.57 Å². The summed E-state index contributed by atoms with van der Waals surface area (Å²) in [4.78, 5) is 27.6. The van der Waals surface area contributed by atoms with Crippen LogP contribution in [0.5, 0.6) is 0 Å². The summed E-state index contributed by atoms with van der Waals surface area (Å²) in [5, 5.41) is 3.08. The minimum absolute atomic E-state index is 0.153. The maximum atomic E-state index is 13.4. The standard InChI is InChI=1S/C23H16BrFN2O2/c1-14-5-11-19(12-6-14)27-22(28)20(15-7-9-17(25)10-8-15)21(23(27)29)26-18-4-2-3-16(24)13-18/h2-13,26H,1H3. The second-order valence-corrected chi connectivity index (χ2v) is 7.59. The summed E-state index contributed by atoms with van der Waals surface area (Å²) in [6, 6.07) is 20.0. The largest absolute Gasteiger partial charge is 0.350 e. The number of aryl methyl sites for hydroxylation is 1. The summed E-state index contributed by atoms with van der Waals surface area (Å²) in [7, 11) is 0. The van der Waals surface area contributed by atoms with Gasteiger partial charge in [-0.05, 0) is 55.0 Å². The van der Waals surface area contributed by atoms with Crippen LogP contribution in [-0.2, 0) is 9.59 Å². The Hall–Kier alpha value is -3.25. The topological polar surface area (TPSA) is 49.4 Å². The number of nitrogens with one attached hydrogen (secondary N) is 1. The summed E-state index contributed by atoms with van der Waals surface area (Å²) in [6.45, 7) is 1.93. The number of nitrogens with zero attached hydrogens (tertiary/aromatic N) is 1. The van der Waals surface area contributed by atoms with E-state index in [9.17, 15) is 14.0 Å². The first-order chi connectivity index (χ1) is 13.9. The van der Waals surface area contributed by atoms with Gasteiger partial charge in [0, 0.05) is 10.2 Å². The molecule has 1 heterocycles. The van der Waals surface area contributed by atoms with E-state index in [0.717, 1.165) is 14.9 Å². The molecular formula is C23H16BrFN2O2. The number of benzene rings is 3. The van der Waals surface area contributed by atoms with E-state index in [1.807, 2.05) is 37.3 Å². The molecule has 2 amide bonds. The van der Waals surface area contributed by atoms with Gasteiger partial charge in [-0.3, -0.25) is 9.59 Å². The zero-order valence-corrected chi connectivity index (χ0v) is 17.0. The van der Waals surface area contributed by atoms with Crippen molar-refractivity contribution in [3.63, 3.8) is 0 Å². The van der Waals surface area contributed by atoms with Gasteiger partial charge in [-0.25, -0.2) is 9.29 Å². The highest BCUT2D eigenvalue weighted by molar-refractivity contribution is 9.10. The summed E-state index contributed by atoms with van der Waals surface area (Å²) in [6.07, 6.45) is 0. The van der Waals surface area contributed by atoms with E-state index in [1.165, 1.54) is 24.3 Å². The number of rotatable bonds is 4. The molecule has 3 aromatic rings. The average Bonchev–Trinajstić information content (AvgIpc) is 2.93. The van der Waals surface area contributed by atoms with Gasteiger partial charge >= 0.3 is 0 Å². The fourth-order valence-electron chi connectivity index (χ4n) is 3.17. The third-order valence-electron chi connectivity index (χ3n) is 4.60. The summed E-state index contributed by atoms with van der Waals surface area (Å²) < 4.78 is 14.2. The first kappa shape index (κ1) is 19.1. The summed E-state index contributed by atoms with van der Waals surface area (Å²) in [5.74, 6) is -1.33. The van der Waals surface area contributed by atoms with Crippen LogP contribution in [0.2, 0.25) is 0 Å². The highest BCUT2D eigenvalue weighted by Gasteiger charge is 2.40. The van der Waals surface area contributed by atoms with E-state index >= 15 is 0 Å². The Bertz CT molecular complexity index is 1140. The van der Waals surface area contributed by atoms with Gasteiger partial charge in [-0.2, -0.15) is 0 Å². The van der Waals surface area contributed by atoms with Gasteiger partial charge in [0.1, 0.15) is 11.5 Å². The first-order valence-corrected chi connectivity index (χ1v) is 9.71. The van der Waals surface area contributed by atoms with E-state index in [2.05, 4.69) is 21.2 Å².